The summed E-state index contributed by atoms with van der Waals surface area (Å²) in [7, 11) is 0. The van der Waals surface area contributed by atoms with E-state index in [0.717, 1.165) is 36.8 Å². The van der Waals surface area contributed by atoms with Gasteiger partial charge in [0.2, 0.25) is 0 Å². The van der Waals surface area contributed by atoms with Crippen LogP contribution in [-0.4, -0.2) is 28.9 Å². The molecule has 1 aromatic carbocycles. The predicted octanol–water partition coefficient (Wildman–Crippen LogP) is 3.50. The molecule has 0 saturated carbocycles. The second kappa shape index (κ2) is 5.61. The number of carbonyl (C=O) groups is 1. The number of nitrogens with zero attached hydrogens (tertiary/aromatic N) is 2. The number of benzene rings is 1. The van der Waals surface area contributed by atoms with Gasteiger partial charge in [0.25, 0.3) is 5.91 Å². The zero-order chi connectivity index (χ0) is 13.9. The Labute approximate surface area is 119 Å². The van der Waals surface area contributed by atoms with Crippen LogP contribution in [0.5, 0.6) is 0 Å². The van der Waals surface area contributed by atoms with Gasteiger partial charge in [0.1, 0.15) is 5.69 Å². The summed E-state index contributed by atoms with van der Waals surface area (Å²) < 4.78 is 0. The van der Waals surface area contributed by atoms with Crippen molar-refractivity contribution >= 4 is 16.8 Å². The van der Waals surface area contributed by atoms with Gasteiger partial charge < -0.3 is 4.90 Å². The van der Waals surface area contributed by atoms with Gasteiger partial charge in [0.05, 0.1) is 5.52 Å². The molecule has 104 valence electrons. The Hall–Kier alpha value is -1.90. The molecule has 20 heavy (non-hydrogen) atoms. The molecule has 0 bridgehead atoms. The number of hydrogen-bond donors (Lipinski definition) is 0. The molecular formula is C17H20N2O. The molecule has 0 spiro atoms. The van der Waals surface area contributed by atoms with Crippen LogP contribution in [0.4, 0.5) is 0 Å². The van der Waals surface area contributed by atoms with E-state index in [1.807, 2.05) is 41.3 Å². The quantitative estimate of drug-likeness (QED) is 0.835. The number of pyridine rings is 1. The zero-order valence-electron chi connectivity index (χ0n) is 11.9. The number of carbonyl (C=O) groups excluding carboxylic acids is 1. The Bertz CT molecular complexity index is 623. The first-order chi connectivity index (χ1) is 9.78. The molecule has 2 aromatic rings. The molecule has 1 saturated heterocycles. The number of fused-ring (bicyclic) bond motifs is 1. The van der Waals surface area contributed by atoms with Crippen molar-refractivity contribution in [2.24, 2.45) is 5.92 Å². The highest BCUT2D eigenvalue weighted by Gasteiger charge is 2.24. The number of para-hydroxylation sites is 1. The van der Waals surface area contributed by atoms with Gasteiger partial charge in [0.15, 0.2) is 0 Å². The van der Waals surface area contributed by atoms with Crippen molar-refractivity contribution < 1.29 is 4.79 Å². The van der Waals surface area contributed by atoms with E-state index in [9.17, 15) is 4.79 Å². The fourth-order valence-corrected chi connectivity index (χ4v) is 2.93. The minimum atomic E-state index is 0.0777. The molecule has 1 unspecified atom stereocenters. The third-order valence-electron chi connectivity index (χ3n) is 4.20. The Morgan fingerprint density at radius 1 is 1.30 bits per heavy atom. The molecule has 1 aromatic heterocycles. The molecule has 1 aliphatic heterocycles. The second-order valence-electron chi connectivity index (χ2n) is 5.56. The van der Waals surface area contributed by atoms with Crippen LogP contribution >= 0.6 is 0 Å². The Morgan fingerprint density at radius 2 is 2.15 bits per heavy atom. The fraction of sp³-hybridized carbons (Fsp3) is 0.412. The maximum atomic E-state index is 12.6. The van der Waals surface area contributed by atoms with Gasteiger partial charge in [-0.25, -0.2) is 4.98 Å². The normalized spacial score (nSPS) is 19.2. The minimum Gasteiger partial charge on any atom is -0.337 e. The van der Waals surface area contributed by atoms with Crippen LogP contribution in [0.25, 0.3) is 10.9 Å². The van der Waals surface area contributed by atoms with Crippen molar-refractivity contribution in [3.8, 4) is 0 Å². The topological polar surface area (TPSA) is 33.2 Å². The van der Waals surface area contributed by atoms with Gasteiger partial charge in [-0.2, -0.15) is 0 Å². The summed E-state index contributed by atoms with van der Waals surface area (Å²) >= 11 is 0. The molecule has 3 heteroatoms. The number of rotatable bonds is 2. The standard InChI is InChI=1S/C17H20N2O/c1-2-13-6-5-11-19(12-13)17(20)16-10-9-14-7-3-4-8-15(14)18-16/h3-4,7-10,13H,2,5-6,11-12H2,1H3. The smallest absolute Gasteiger partial charge is 0.272 e. The van der Waals surface area contributed by atoms with Gasteiger partial charge in [-0.15, -0.1) is 0 Å². The first-order valence-corrected chi connectivity index (χ1v) is 7.43. The Balaban J connectivity index is 1.84. The number of hydrogen-bond acceptors (Lipinski definition) is 2. The predicted molar refractivity (Wildman–Crippen MR) is 80.7 cm³/mol. The lowest BCUT2D eigenvalue weighted by Gasteiger charge is -2.32. The SMILES string of the molecule is CCC1CCCN(C(=O)c2ccc3ccccc3n2)C1. The van der Waals surface area contributed by atoms with Gasteiger partial charge in [-0.1, -0.05) is 37.6 Å². The van der Waals surface area contributed by atoms with Crippen LogP contribution in [-0.2, 0) is 0 Å². The first-order valence-electron chi connectivity index (χ1n) is 7.43. The van der Waals surface area contributed by atoms with Crippen molar-refractivity contribution in [1.29, 1.82) is 0 Å². The summed E-state index contributed by atoms with van der Waals surface area (Å²) in [5.41, 5.74) is 1.46. The van der Waals surface area contributed by atoms with Gasteiger partial charge in [-0.3, -0.25) is 4.79 Å². The highest BCUT2D eigenvalue weighted by atomic mass is 16.2. The molecule has 1 aliphatic rings. The second-order valence-corrected chi connectivity index (χ2v) is 5.56. The number of aromatic nitrogens is 1. The maximum absolute atomic E-state index is 12.6. The summed E-state index contributed by atoms with van der Waals surface area (Å²) in [6.07, 6.45) is 3.50. The first kappa shape index (κ1) is 13.1. The van der Waals surface area contributed by atoms with E-state index in [1.165, 1.54) is 6.42 Å². The van der Waals surface area contributed by atoms with Crippen LogP contribution < -0.4 is 0 Å². The molecule has 0 N–H and O–H groups in total. The molecular weight excluding hydrogens is 248 g/mol. The molecule has 0 aliphatic carbocycles. The minimum absolute atomic E-state index is 0.0777. The largest absolute Gasteiger partial charge is 0.337 e. The number of likely N-dealkylation sites (tertiary alicyclic amines) is 1. The molecule has 2 heterocycles. The summed E-state index contributed by atoms with van der Waals surface area (Å²) in [4.78, 5) is 19.0. The van der Waals surface area contributed by atoms with Gasteiger partial charge >= 0.3 is 0 Å². The van der Waals surface area contributed by atoms with E-state index in [0.29, 0.717) is 11.6 Å². The Kier molecular flexibility index (Phi) is 3.68. The molecule has 1 amide bonds. The monoisotopic (exact) mass is 268 g/mol. The van der Waals surface area contributed by atoms with Crippen LogP contribution in [0, 0.1) is 5.92 Å². The number of amides is 1. The van der Waals surface area contributed by atoms with E-state index in [-0.39, 0.29) is 5.91 Å². The highest BCUT2D eigenvalue weighted by molar-refractivity contribution is 5.94. The summed E-state index contributed by atoms with van der Waals surface area (Å²) in [5.74, 6) is 0.724. The van der Waals surface area contributed by atoms with E-state index in [4.69, 9.17) is 0 Å². The van der Waals surface area contributed by atoms with Crippen LogP contribution in [0.2, 0.25) is 0 Å². The van der Waals surface area contributed by atoms with Crippen molar-refractivity contribution in [3.05, 3.63) is 42.1 Å². The van der Waals surface area contributed by atoms with Crippen molar-refractivity contribution in [3.63, 3.8) is 0 Å². The fourth-order valence-electron chi connectivity index (χ4n) is 2.93. The molecule has 1 atom stereocenters. The molecule has 0 radical (unpaired) electrons. The number of piperidine rings is 1. The summed E-state index contributed by atoms with van der Waals surface area (Å²) in [6.45, 7) is 3.95. The lowest BCUT2D eigenvalue weighted by Crippen LogP contribution is -2.40. The van der Waals surface area contributed by atoms with Gasteiger partial charge in [0, 0.05) is 18.5 Å². The Morgan fingerprint density at radius 3 is 3.00 bits per heavy atom. The maximum Gasteiger partial charge on any atom is 0.272 e. The summed E-state index contributed by atoms with van der Waals surface area (Å²) in [5, 5.41) is 1.08. The third-order valence-corrected chi connectivity index (χ3v) is 4.20. The van der Waals surface area contributed by atoms with Crippen molar-refractivity contribution in [2.75, 3.05) is 13.1 Å². The zero-order valence-corrected chi connectivity index (χ0v) is 11.9. The molecule has 3 nitrogen and oxygen atoms in total. The van der Waals surface area contributed by atoms with E-state index in [2.05, 4.69) is 11.9 Å². The third kappa shape index (κ3) is 2.53. The molecule has 1 fully saturated rings. The van der Waals surface area contributed by atoms with E-state index < -0.39 is 0 Å². The van der Waals surface area contributed by atoms with Crippen LogP contribution in [0.1, 0.15) is 36.7 Å². The molecule has 3 rings (SSSR count). The highest BCUT2D eigenvalue weighted by Crippen LogP contribution is 2.21. The van der Waals surface area contributed by atoms with Crippen molar-refractivity contribution in [1.82, 2.24) is 9.88 Å². The van der Waals surface area contributed by atoms with Gasteiger partial charge in [-0.05, 0) is 30.9 Å². The average molecular weight is 268 g/mol. The van der Waals surface area contributed by atoms with Crippen molar-refractivity contribution in [2.45, 2.75) is 26.2 Å². The van der Waals surface area contributed by atoms with Crippen LogP contribution in [0.3, 0.4) is 0 Å². The van der Waals surface area contributed by atoms with Crippen LogP contribution in [0.15, 0.2) is 36.4 Å². The lowest BCUT2D eigenvalue weighted by molar-refractivity contribution is 0.0665. The van der Waals surface area contributed by atoms with E-state index in [1.54, 1.807) is 0 Å². The lowest BCUT2D eigenvalue weighted by atomic mass is 9.95. The average Bonchev–Trinajstić information content (AvgIpc) is 2.53. The summed E-state index contributed by atoms with van der Waals surface area (Å²) in [6, 6.07) is 11.7. The van der Waals surface area contributed by atoms with E-state index >= 15 is 0 Å².